The second-order valence-corrected chi connectivity index (χ2v) is 7.34. The number of carbonyl (C=O) groups excluding carboxylic acids is 1. The Kier molecular flexibility index (Phi) is 6.63. The molecule has 2 N–H and O–H groups in total. The van der Waals surface area contributed by atoms with Crippen molar-refractivity contribution in [3.05, 3.63) is 88.9 Å². The van der Waals surface area contributed by atoms with Crippen molar-refractivity contribution in [3.8, 4) is 11.1 Å². The van der Waals surface area contributed by atoms with Crippen molar-refractivity contribution in [2.24, 2.45) is 5.73 Å². The first kappa shape index (κ1) is 22.3. The lowest BCUT2D eigenvalue weighted by atomic mass is 10.0. The fourth-order valence-corrected chi connectivity index (χ4v) is 3.43. The molecule has 31 heavy (non-hydrogen) atoms. The van der Waals surface area contributed by atoms with E-state index in [0.29, 0.717) is 11.1 Å². The Hall–Kier alpha value is -3.35. The number of benzene rings is 3. The molecular formula is C24H24ClN3O3. The van der Waals surface area contributed by atoms with E-state index in [9.17, 15) is 9.59 Å². The van der Waals surface area contributed by atoms with Gasteiger partial charge < -0.3 is 15.1 Å². The Morgan fingerprint density at radius 2 is 1.74 bits per heavy atom. The van der Waals surface area contributed by atoms with Gasteiger partial charge in [0.15, 0.2) is 5.58 Å². The van der Waals surface area contributed by atoms with Crippen LogP contribution in [-0.4, -0.2) is 17.5 Å². The van der Waals surface area contributed by atoms with Gasteiger partial charge in [-0.3, -0.25) is 9.36 Å². The Labute approximate surface area is 186 Å². The number of carbonyl (C=O) groups is 1. The van der Waals surface area contributed by atoms with Crippen molar-refractivity contribution in [1.29, 1.82) is 0 Å². The molecule has 0 bridgehead atoms. The van der Waals surface area contributed by atoms with E-state index in [1.54, 1.807) is 13.1 Å². The average Bonchev–Trinajstić information content (AvgIpc) is 3.08. The lowest BCUT2D eigenvalue weighted by Gasteiger charge is -2.17. The van der Waals surface area contributed by atoms with E-state index < -0.39 is 5.76 Å². The summed E-state index contributed by atoms with van der Waals surface area (Å²) in [5.41, 5.74) is 10.7. The van der Waals surface area contributed by atoms with Crippen molar-refractivity contribution < 1.29 is 9.21 Å². The molecule has 1 aromatic heterocycles. The van der Waals surface area contributed by atoms with Crippen molar-refractivity contribution in [2.75, 3.05) is 11.9 Å². The van der Waals surface area contributed by atoms with Crippen LogP contribution in [0.3, 0.4) is 0 Å². The smallest absolute Gasteiger partial charge is 0.408 e. The zero-order valence-electron chi connectivity index (χ0n) is 17.3. The Morgan fingerprint density at radius 1 is 1.03 bits per heavy atom. The number of likely N-dealkylation sites (N-methyl/N-ethyl adjacent to an activating group) is 1. The predicted molar refractivity (Wildman–Crippen MR) is 126 cm³/mol. The lowest BCUT2D eigenvalue weighted by Crippen LogP contribution is -2.32. The van der Waals surface area contributed by atoms with Gasteiger partial charge in [-0.2, -0.15) is 0 Å². The van der Waals surface area contributed by atoms with Crippen LogP contribution in [0.15, 0.2) is 82.0 Å². The highest BCUT2D eigenvalue weighted by molar-refractivity contribution is 5.93. The molecule has 160 valence electrons. The molecule has 4 aromatic rings. The lowest BCUT2D eigenvalue weighted by molar-refractivity contribution is -0.118. The van der Waals surface area contributed by atoms with E-state index in [1.165, 1.54) is 9.47 Å². The summed E-state index contributed by atoms with van der Waals surface area (Å²) in [5, 5.41) is 0. The van der Waals surface area contributed by atoms with Crippen molar-refractivity contribution in [2.45, 2.75) is 19.5 Å². The van der Waals surface area contributed by atoms with E-state index in [-0.39, 0.29) is 30.9 Å². The molecule has 1 amide bonds. The summed E-state index contributed by atoms with van der Waals surface area (Å²) in [6.45, 7) is 1.82. The van der Waals surface area contributed by atoms with Gasteiger partial charge in [0.25, 0.3) is 0 Å². The van der Waals surface area contributed by atoms with Crippen LogP contribution in [-0.2, 0) is 11.3 Å². The maximum atomic E-state index is 12.8. The molecule has 1 atom stereocenters. The topological polar surface area (TPSA) is 81.5 Å². The second-order valence-electron chi connectivity index (χ2n) is 7.34. The zero-order valence-corrected chi connectivity index (χ0v) is 18.1. The van der Waals surface area contributed by atoms with Crippen molar-refractivity contribution in [1.82, 2.24) is 4.57 Å². The number of aromatic nitrogens is 1. The predicted octanol–water partition coefficient (Wildman–Crippen LogP) is 4.37. The van der Waals surface area contributed by atoms with Crippen LogP contribution in [0.25, 0.3) is 22.2 Å². The number of nitrogens with zero attached hydrogens (tertiary/aromatic N) is 2. The molecule has 1 unspecified atom stereocenters. The fourth-order valence-electron chi connectivity index (χ4n) is 3.43. The van der Waals surface area contributed by atoms with Crippen LogP contribution in [0, 0.1) is 0 Å². The van der Waals surface area contributed by atoms with Crippen LogP contribution < -0.4 is 16.4 Å². The molecule has 0 spiro atoms. The number of oxazole rings is 1. The van der Waals surface area contributed by atoms with Crippen molar-refractivity contribution >= 4 is 35.1 Å². The van der Waals surface area contributed by atoms with E-state index in [4.69, 9.17) is 10.2 Å². The summed E-state index contributed by atoms with van der Waals surface area (Å²) in [5.74, 6) is -0.767. The van der Waals surface area contributed by atoms with Gasteiger partial charge in [0.05, 0.1) is 5.52 Å². The molecule has 0 aliphatic carbocycles. The van der Waals surface area contributed by atoms with E-state index in [1.807, 2.05) is 73.7 Å². The van der Waals surface area contributed by atoms with Gasteiger partial charge >= 0.3 is 5.76 Å². The summed E-state index contributed by atoms with van der Waals surface area (Å²) in [7, 11) is 1.69. The van der Waals surface area contributed by atoms with E-state index in [0.717, 1.165) is 22.4 Å². The SMILES string of the molecule is CC(N)c1cccc(-c2ccc3oc(=O)n(CC(=O)N(C)c4ccccc4)c3c2)c1.Cl. The fraction of sp³-hybridized carbons (Fsp3) is 0.167. The highest BCUT2D eigenvalue weighted by atomic mass is 35.5. The third-order valence-electron chi connectivity index (χ3n) is 5.22. The van der Waals surface area contributed by atoms with Crippen LogP contribution in [0.2, 0.25) is 0 Å². The molecular weight excluding hydrogens is 414 g/mol. The number of fused-ring (bicyclic) bond motifs is 1. The van der Waals surface area contributed by atoms with Gasteiger partial charge in [-0.25, -0.2) is 4.79 Å². The molecule has 0 radical (unpaired) electrons. The zero-order chi connectivity index (χ0) is 21.3. The summed E-state index contributed by atoms with van der Waals surface area (Å²) >= 11 is 0. The first-order chi connectivity index (χ1) is 14.4. The van der Waals surface area contributed by atoms with Gasteiger partial charge in [0, 0.05) is 18.8 Å². The number of hydrogen-bond acceptors (Lipinski definition) is 4. The van der Waals surface area contributed by atoms with Crippen LogP contribution in [0.1, 0.15) is 18.5 Å². The Morgan fingerprint density at radius 3 is 2.45 bits per heavy atom. The van der Waals surface area contributed by atoms with Gasteiger partial charge in [0.2, 0.25) is 5.91 Å². The highest BCUT2D eigenvalue weighted by Crippen LogP contribution is 2.26. The summed E-state index contributed by atoms with van der Waals surface area (Å²) < 4.78 is 6.73. The standard InChI is InChI=1S/C24H23N3O3.ClH/c1-16(25)17-7-6-8-18(13-17)19-11-12-22-21(14-19)27(24(29)30-22)15-23(28)26(2)20-9-4-3-5-10-20;/h3-14,16H,15,25H2,1-2H3;1H. The molecule has 0 saturated carbocycles. The third-order valence-corrected chi connectivity index (χ3v) is 5.22. The highest BCUT2D eigenvalue weighted by Gasteiger charge is 2.17. The van der Waals surface area contributed by atoms with Crippen LogP contribution in [0.5, 0.6) is 0 Å². The maximum Gasteiger partial charge on any atom is 0.420 e. The van der Waals surface area contributed by atoms with Crippen LogP contribution >= 0.6 is 12.4 Å². The number of anilines is 1. The minimum atomic E-state index is -0.554. The second kappa shape index (κ2) is 9.20. The van der Waals surface area contributed by atoms with Gasteiger partial charge in [0.1, 0.15) is 6.54 Å². The third kappa shape index (κ3) is 4.55. The molecule has 0 aliphatic heterocycles. The monoisotopic (exact) mass is 437 g/mol. The molecule has 0 fully saturated rings. The van der Waals surface area contributed by atoms with Gasteiger partial charge in [-0.1, -0.05) is 42.5 Å². The first-order valence-corrected chi connectivity index (χ1v) is 9.75. The normalized spacial score (nSPS) is 11.7. The van der Waals surface area contributed by atoms with Gasteiger partial charge in [-0.15, -0.1) is 12.4 Å². The molecule has 4 rings (SSSR count). The van der Waals surface area contributed by atoms with E-state index in [2.05, 4.69) is 0 Å². The Bertz CT molecular complexity index is 1260. The number of hydrogen-bond donors (Lipinski definition) is 1. The summed E-state index contributed by atoms with van der Waals surface area (Å²) in [6, 6.07) is 22.7. The molecule has 1 heterocycles. The van der Waals surface area contributed by atoms with Gasteiger partial charge in [-0.05, 0) is 53.9 Å². The van der Waals surface area contributed by atoms with E-state index >= 15 is 0 Å². The maximum absolute atomic E-state index is 12.8. The Balaban J connectivity index is 0.00000272. The average molecular weight is 438 g/mol. The number of nitrogens with two attached hydrogens (primary N) is 1. The largest absolute Gasteiger partial charge is 0.420 e. The molecule has 0 aliphatic rings. The summed E-state index contributed by atoms with van der Waals surface area (Å²) in [6.07, 6.45) is 0. The number of halogens is 1. The number of amides is 1. The summed E-state index contributed by atoms with van der Waals surface area (Å²) in [4.78, 5) is 26.8. The molecule has 6 nitrogen and oxygen atoms in total. The number of rotatable bonds is 5. The first-order valence-electron chi connectivity index (χ1n) is 9.75. The van der Waals surface area contributed by atoms with Crippen LogP contribution in [0.4, 0.5) is 5.69 Å². The minimum Gasteiger partial charge on any atom is -0.408 e. The molecule has 0 saturated heterocycles. The molecule has 3 aromatic carbocycles. The number of para-hydroxylation sites is 1. The van der Waals surface area contributed by atoms with Crippen molar-refractivity contribution in [3.63, 3.8) is 0 Å². The molecule has 7 heteroatoms. The quantitative estimate of drug-likeness (QED) is 0.502. The minimum absolute atomic E-state index is 0.